The van der Waals surface area contributed by atoms with Gasteiger partial charge in [-0.15, -0.1) is 0 Å². The van der Waals surface area contributed by atoms with Crippen LogP contribution in [0.5, 0.6) is 0 Å². The highest BCUT2D eigenvalue weighted by Crippen LogP contribution is 2.20. The number of rotatable bonds is 19. The molecule has 0 aromatic carbocycles. The number of allylic oxidation sites excluding steroid dienone is 1. The Bertz CT molecular complexity index is 415. The van der Waals surface area contributed by atoms with Crippen molar-refractivity contribution in [1.29, 1.82) is 0 Å². The maximum absolute atomic E-state index is 10.8. The van der Waals surface area contributed by atoms with Crippen LogP contribution >= 0.6 is 11.8 Å². The Morgan fingerprint density at radius 2 is 1.56 bits per heavy atom. The Morgan fingerprint density at radius 3 is 2.07 bits per heavy atom. The van der Waals surface area contributed by atoms with Gasteiger partial charge in [0.1, 0.15) is 0 Å². The molecular formula is C21H39NO4S. The molecule has 0 fully saturated rings. The number of aliphatic carboxylic acids is 1. The lowest BCUT2D eigenvalue weighted by Gasteiger charge is -2.17. The summed E-state index contributed by atoms with van der Waals surface area (Å²) in [5, 5.41) is 18.6. The van der Waals surface area contributed by atoms with Crippen LogP contribution in [0.4, 0.5) is 0 Å². The monoisotopic (exact) mass is 401 g/mol. The molecule has 0 saturated carbocycles. The molecule has 4 N–H and O–H groups in total. The zero-order valence-electron chi connectivity index (χ0n) is 16.9. The van der Waals surface area contributed by atoms with E-state index in [9.17, 15) is 14.7 Å². The van der Waals surface area contributed by atoms with E-state index in [0.717, 1.165) is 12.8 Å². The van der Waals surface area contributed by atoms with E-state index >= 15 is 0 Å². The van der Waals surface area contributed by atoms with Crippen molar-refractivity contribution in [2.24, 2.45) is 5.73 Å². The number of nitrogens with two attached hydrogens (primary N) is 1. The molecule has 0 saturated heterocycles. The minimum absolute atomic E-state index is 0.229. The topological polar surface area (TPSA) is 101 Å². The molecule has 0 spiro atoms. The fourth-order valence-electron chi connectivity index (χ4n) is 2.87. The third-order valence-electron chi connectivity index (χ3n) is 4.47. The van der Waals surface area contributed by atoms with Gasteiger partial charge in [-0.2, -0.15) is 11.8 Å². The molecule has 0 aromatic rings. The van der Waals surface area contributed by atoms with Gasteiger partial charge in [0, 0.05) is 17.4 Å². The molecule has 27 heavy (non-hydrogen) atoms. The van der Waals surface area contributed by atoms with Crippen LogP contribution < -0.4 is 5.73 Å². The standard InChI is InChI=1S/C21H39NO4S/c1-2-3-4-5-6-7-8-9-10-11-12-13-14-19(18(23)17-21(25)26)27-16-15-20(22)24/h13-14,18-19,23H,2-12,15-17H2,1H3,(H2,22,24)(H,25,26)/b14-13-. The molecule has 0 radical (unpaired) electrons. The summed E-state index contributed by atoms with van der Waals surface area (Å²) in [6.45, 7) is 2.24. The van der Waals surface area contributed by atoms with Crippen LogP contribution in [0.15, 0.2) is 12.2 Å². The average molecular weight is 402 g/mol. The lowest BCUT2D eigenvalue weighted by atomic mass is 10.1. The smallest absolute Gasteiger partial charge is 0.306 e. The molecule has 158 valence electrons. The van der Waals surface area contributed by atoms with E-state index < -0.39 is 12.1 Å². The molecule has 0 aliphatic heterocycles. The second-order valence-corrected chi connectivity index (χ2v) is 8.40. The van der Waals surface area contributed by atoms with Crippen molar-refractivity contribution in [3.05, 3.63) is 12.2 Å². The number of thioether (sulfide) groups is 1. The maximum atomic E-state index is 10.8. The van der Waals surface area contributed by atoms with E-state index in [1.807, 2.05) is 12.2 Å². The molecule has 0 rings (SSSR count). The third kappa shape index (κ3) is 18.1. The van der Waals surface area contributed by atoms with Crippen molar-refractivity contribution in [3.8, 4) is 0 Å². The van der Waals surface area contributed by atoms with E-state index in [4.69, 9.17) is 10.8 Å². The fourth-order valence-corrected chi connectivity index (χ4v) is 4.00. The predicted octanol–water partition coefficient (Wildman–Crippen LogP) is 4.67. The summed E-state index contributed by atoms with van der Waals surface area (Å²) in [6, 6.07) is 0. The molecule has 0 aliphatic rings. The first-order valence-corrected chi connectivity index (χ1v) is 11.5. The number of amides is 1. The van der Waals surface area contributed by atoms with E-state index in [2.05, 4.69) is 6.92 Å². The zero-order chi connectivity index (χ0) is 20.3. The van der Waals surface area contributed by atoms with Crippen molar-refractivity contribution in [2.75, 3.05) is 5.75 Å². The van der Waals surface area contributed by atoms with E-state index in [1.165, 1.54) is 69.5 Å². The number of carboxylic acid groups (broad SMARTS) is 1. The quantitative estimate of drug-likeness (QED) is 0.216. The largest absolute Gasteiger partial charge is 0.481 e. The van der Waals surface area contributed by atoms with E-state index in [0.29, 0.717) is 5.75 Å². The van der Waals surface area contributed by atoms with Gasteiger partial charge in [-0.3, -0.25) is 9.59 Å². The minimum atomic E-state index is -1.02. The first kappa shape index (κ1) is 26.0. The number of carboxylic acids is 1. The SMILES string of the molecule is CCCCCCCCCCCC/C=C\C(SCCC(N)=O)C(O)CC(=O)O. The van der Waals surface area contributed by atoms with Crippen molar-refractivity contribution < 1.29 is 19.8 Å². The summed E-state index contributed by atoms with van der Waals surface area (Å²) < 4.78 is 0. The number of hydrogen-bond acceptors (Lipinski definition) is 4. The van der Waals surface area contributed by atoms with Crippen molar-refractivity contribution in [1.82, 2.24) is 0 Å². The van der Waals surface area contributed by atoms with Gasteiger partial charge < -0.3 is 15.9 Å². The Balaban J connectivity index is 3.91. The second kappa shape index (κ2) is 18.4. The first-order chi connectivity index (χ1) is 13.0. The van der Waals surface area contributed by atoms with Crippen LogP contribution in [0.3, 0.4) is 0 Å². The summed E-state index contributed by atoms with van der Waals surface area (Å²) in [6.07, 6.45) is 16.8. The molecule has 0 bridgehead atoms. The molecule has 1 amide bonds. The number of aliphatic hydroxyl groups is 1. The van der Waals surface area contributed by atoms with Crippen LogP contribution in [0.2, 0.25) is 0 Å². The highest BCUT2D eigenvalue weighted by molar-refractivity contribution is 8.00. The highest BCUT2D eigenvalue weighted by atomic mass is 32.2. The Morgan fingerprint density at radius 1 is 1.00 bits per heavy atom. The van der Waals surface area contributed by atoms with Crippen molar-refractivity contribution in [3.63, 3.8) is 0 Å². The number of unbranched alkanes of at least 4 members (excludes halogenated alkanes) is 10. The van der Waals surface area contributed by atoms with Crippen LogP contribution in [0, 0.1) is 0 Å². The first-order valence-electron chi connectivity index (χ1n) is 10.4. The van der Waals surface area contributed by atoms with Crippen molar-refractivity contribution >= 4 is 23.6 Å². The molecule has 6 heteroatoms. The Hall–Kier alpha value is -1.01. The number of carbonyl (C=O) groups excluding carboxylic acids is 1. The molecule has 2 atom stereocenters. The van der Waals surface area contributed by atoms with E-state index in [-0.39, 0.29) is 24.0 Å². The lowest BCUT2D eigenvalue weighted by Crippen LogP contribution is -2.25. The van der Waals surface area contributed by atoms with Crippen LogP contribution in [-0.4, -0.2) is 39.2 Å². The molecule has 0 heterocycles. The van der Waals surface area contributed by atoms with Crippen LogP contribution in [-0.2, 0) is 9.59 Å². The Labute approximate surface area is 169 Å². The van der Waals surface area contributed by atoms with E-state index in [1.54, 1.807) is 0 Å². The average Bonchev–Trinajstić information content (AvgIpc) is 2.60. The van der Waals surface area contributed by atoms with Gasteiger partial charge in [-0.1, -0.05) is 76.9 Å². The summed E-state index contributed by atoms with van der Waals surface area (Å²) in [7, 11) is 0. The fraction of sp³-hybridized carbons (Fsp3) is 0.810. The number of hydrogen-bond donors (Lipinski definition) is 3. The summed E-state index contributed by atoms with van der Waals surface area (Å²) in [4.78, 5) is 21.6. The molecule has 5 nitrogen and oxygen atoms in total. The van der Waals surface area contributed by atoms with Gasteiger partial charge in [0.05, 0.1) is 12.5 Å². The molecule has 2 unspecified atom stereocenters. The van der Waals surface area contributed by atoms with Gasteiger partial charge in [0.15, 0.2) is 0 Å². The molecule has 0 aromatic heterocycles. The summed E-state index contributed by atoms with van der Waals surface area (Å²) in [5.74, 6) is -0.923. The van der Waals surface area contributed by atoms with Gasteiger partial charge in [-0.05, 0) is 12.8 Å². The Kier molecular flexibility index (Phi) is 17.7. The summed E-state index contributed by atoms with van der Waals surface area (Å²) >= 11 is 1.38. The van der Waals surface area contributed by atoms with Crippen LogP contribution in [0.25, 0.3) is 0 Å². The number of primary amides is 1. The van der Waals surface area contributed by atoms with Crippen molar-refractivity contribution in [2.45, 2.75) is 102 Å². The van der Waals surface area contributed by atoms with Gasteiger partial charge in [0.25, 0.3) is 0 Å². The second-order valence-electron chi connectivity index (χ2n) is 7.12. The lowest BCUT2D eigenvalue weighted by molar-refractivity contribution is -0.139. The maximum Gasteiger partial charge on any atom is 0.306 e. The molecule has 0 aliphatic carbocycles. The number of aliphatic hydroxyl groups excluding tert-OH is 1. The van der Waals surface area contributed by atoms with Gasteiger partial charge in [0.2, 0.25) is 5.91 Å². The van der Waals surface area contributed by atoms with Crippen LogP contribution in [0.1, 0.15) is 90.4 Å². The predicted molar refractivity (Wildman–Crippen MR) is 114 cm³/mol. The number of carbonyl (C=O) groups is 2. The minimum Gasteiger partial charge on any atom is -0.481 e. The highest BCUT2D eigenvalue weighted by Gasteiger charge is 2.20. The molecular weight excluding hydrogens is 362 g/mol. The summed E-state index contributed by atoms with van der Waals surface area (Å²) in [5.41, 5.74) is 5.13. The zero-order valence-corrected chi connectivity index (χ0v) is 17.7. The third-order valence-corrected chi connectivity index (χ3v) is 5.77. The normalized spacial score (nSPS) is 13.7. The van der Waals surface area contributed by atoms with Gasteiger partial charge in [-0.25, -0.2) is 0 Å². The van der Waals surface area contributed by atoms with Gasteiger partial charge >= 0.3 is 5.97 Å².